The molecule has 8 aromatic rings. The Morgan fingerprint density at radius 2 is 1.12 bits per heavy atom. The normalized spacial score (nSPS) is 23.6. The Bertz CT molecular complexity index is 3950. The molecule has 2 spiro atoms. The molecule has 3 amide bonds. The Labute approximate surface area is 471 Å². The molecule has 22 nitrogen and oxygen atoms in total. The number of halogens is 2. The molecule has 9 N–H and O–H groups in total. The Morgan fingerprint density at radius 1 is 0.651 bits per heavy atom. The molecule has 0 unspecified atom stereocenters. The zero-order valence-corrected chi connectivity index (χ0v) is 45.8. The summed E-state index contributed by atoms with van der Waals surface area (Å²) in [4.78, 5) is 68.8. The first-order chi connectivity index (χ1) is 39.9. The van der Waals surface area contributed by atoms with E-state index in [9.17, 15) is 28.0 Å². The van der Waals surface area contributed by atoms with Crippen LogP contribution in [0.1, 0.15) is 124 Å². The van der Waals surface area contributed by atoms with E-state index in [-0.39, 0.29) is 93.8 Å². The number of carbonyl (C=O) groups is 4. The number of aliphatic hydroxyl groups excluding tert-OH is 1. The minimum Gasteiger partial charge on any atom is -0.469 e. The smallest absolute Gasteiger partial charge is 0.360 e. The van der Waals surface area contributed by atoms with Crippen molar-refractivity contribution in [2.45, 2.75) is 88.9 Å². The van der Waals surface area contributed by atoms with E-state index in [2.05, 4.69) is 31.2 Å². The lowest BCUT2D eigenvalue weighted by molar-refractivity contribution is -0.126. The molecule has 428 valence electrons. The van der Waals surface area contributed by atoms with E-state index >= 15 is 0 Å². The molecule has 4 aromatic heterocycles. The topological polar surface area (TPSA) is 320 Å². The molecule has 14 rings (SSSR count). The fourth-order valence-corrected chi connectivity index (χ4v) is 12.0. The van der Waals surface area contributed by atoms with Crippen LogP contribution >= 0.6 is 0 Å². The fourth-order valence-electron chi connectivity index (χ4n) is 12.0. The maximum atomic E-state index is 14.9. The Morgan fingerprint density at radius 3 is 1.59 bits per heavy atom. The van der Waals surface area contributed by atoms with Crippen molar-refractivity contribution in [1.82, 2.24) is 30.6 Å². The monoisotopic (exact) mass is 1130 g/mol. The van der Waals surface area contributed by atoms with Gasteiger partial charge in [-0.2, -0.15) is 0 Å². The largest absolute Gasteiger partial charge is 0.469 e. The second-order valence-electron chi connectivity index (χ2n) is 21.7. The number of aliphatic hydroxyl groups is 1. The molecule has 0 aliphatic carbocycles. The lowest BCUT2D eigenvalue weighted by Crippen LogP contribution is -2.45. The van der Waals surface area contributed by atoms with Crippen molar-refractivity contribution in [3.8, 4) is 34.7 Å². The summed E-state index contributed by atoms with van der Waals surface area (Å²) in [5, 5.41) is 19.8. The molecule has 83 heavy (non-hydrogen) atoms. The van der Waals surface area contributed by atoms with Gasteiger partial charge in [-0.25, -0.2) is 33.5 Å². The van der Waals surface area contributed by atoms with E-state index in [1.807, 2.05) is 65.0 Å². The molecule has 0 saturated carbocycles. The lowest BCUT2D eigenvalue weighted by Gasteiger charge is -2.28. The highest BCUT2D eigenvalue weighted by Crippen LogP contribution is 2.61. The third-order valence-corrected chi connectivity index (χ3v) is 15.9. The number of benzene rings is 4. The summed E-state index contributed by atoms with van der Waals surface area (Å²) in [5.74, 6) is -1.40. The van der Waals surface area contributed by atoms with Gasteiger partial charge in [0.25, 0.3) is 5.91 Å². The average molecular weight is 1140 g/mol. The van der Waals surface area contributed by atoms with Gasteiger partial charge in [-0.3, -0.25) is 14.4 Å². The van der Waals surface area contributed by atoms with E-state index in [0.717, 1.165) is 30.1 Å². The molecule has 10 heterocycles. The van der Waals surface area contributed by atoms with Crippen LogP contribution in [0.2, 0.25) is 0 Å². The number of anilines is 2. The third kappa shape index (κ3) is 8.47. The van der Waals surface area contributed by atoms with Crippen molar-refractivity contribution in [2.24, 2.45) is 29.2 Å². The van der Waals surface area contributed by atoms with Crippen LogP contribution in [0.3, 0.4) is 0 Å². The van der Waals surface area contributed by atoms with Crippen LogP contribution in [-0.4, -0.2) is 81.5 Å². The second kappa shape index (κ2) is 20.2. The summed E-state index contributed by atoms with van der Waals surface area (Å²) in [6, 6.07) is 18.1. The van der Waals surface area contributed by atoms with E-state index < -0.39 is 64.9 Å². The van der Waals surface area contributed by atoms with Crippen molar-refractivity contribution in [3.05, 3.63) is 165 Å². The number of hydrogen-bond acceptors (Lipinski definition) is 19. The number of esters is 1. The van der Waals surface area contributed by atoms with Gasteiger partial charge < -0.3 is 69.7 Å². The quantitative estimate of drug-likeness (QED) is 0.0817. The van der Waals surface area contributed by atoms with Gasteiger partial charge in [-0.05, 0) is 84.3 Å². The number of nitrogens with one attached hydrogen (secondary N) is 4. The number of oxazole rings is 4. The van der Waals surface area contributed by atoms with E-state index in [1.165, 1.54) is 37.6 Å². The molecule has 8 atom stereocenters. The third-order valence-electron chi connectivity index (χ3n) is 15.9. The van der Waals surface area contributed by atoms with Gasteiger partial charge in [0.15, 0.2) is 46.8 Å². The summed E-state index contributed by atoms with van der Waals surface area (Å²) in [5.41, 5.74) is 15.1. The number of rotatable bonds is 6. The number of nitrogens with two attached hydrogens (primary N) is 2. The molecule has 0 radical (unpaired) electrons. The number of primary amides is 1. The predicted molar refractivity (Wildman–Crippen MR) is 290 cm³/mol. The Balaban J connectivity index is 0.000000159. The van der Waals surface area contributed by atoms with Crippen LogP contribution in [-0.2, 0) is 38.0 Å². The highest BCUT2D eigenvalue weighted by atomic mass is 19.1. The molecule has 6 aliphatic rings. The maximum absolute atomic E-state index is 14.9. The van der Waals surface area contributed by atoms with Crippen molar-refractivity contribution < 1.29 is 64.9 Å². The van der Waals surface area contributed by atoms with Crippen LogP contribution in [0.4, 0.5) is 20.2 Å². The van der Waals surface area contributed by atoms with E-state index in [0.29, 0.717) is 46.0 Å². The molecule has 6 aliphatic heterocycles. The Hall–Kier alpha value is -9.42. The highest BCUT2D eigenvalue weighted by Gasteiger charge is 2.63. The predicted octanol–water partition coefficient (Wildman–Crippen LogP) is 7.09. The first-order valence-corrected chi connectivity index (χ1v) is 26.7. The van der Waals surface area contributed by atoms with Gasteiger partial charge >= 0.3 is 5.97 Å². The molecule has 24 heteroatoms. The number of aromatic nitrogens is 4. The van der Waals surface area contributed by atoms with Crippen LogP contribution in [0, 0.1) is 29.4 Å². The standard InChI is InChI=1S/C30H27FN4O6.C28H25FN6O5.CH4O/c1-13(2)22-27-35-23(26-32-20(12-39-26)28(37)38-4)24(41-27)30-17-11-16(31)6-7-19(17)33-29(30)40-21-8-5-15(10-18(21)30)9-14(3)25(36)34-22;1-11(2)20-26-35-21(25-32-18(10-38-25)23(31)36)22(40-26)28-14-9-13(29)4-5-17(14)33-27(28)39-19-6-3-12(7-15(19)28)8-16(30)24(37)34-20;1-2/h5-8,10-14,22,29,33H,9H2,1-4H3,(H,34,36);3-7,9-11,16,20,27,33H,8,30H2,1-2H3,(H2,31,36)(H,34,37);2H,1H3/t14-,22-,29+,30-;16-,20-,27+,28-;/m00./s1. The van der Waals surface area contributed by atoms with Crippen molar-refractivity contribution in [1.29, 1.82) is 0 Å². The minimum atomic E-state index is -1.24. The second-order valence-corrected chi connectivity index (χ2v) is 21.7. The van der Waals surface area contributed by atoms with Crippen molar-refractivity contribution in [2.75, 3.05) is 24.9 Å². The average Bonchev–Trinajstić information content (AvgIpc) is 1.67. The van der Waals surface area contributed by atoms with Crippen molar-refractivity contribution in [3.63, 3.8) is 0 Å². The molecule has 8 bridgehead atoms. The summed E-state index contributed by atoms with van der Waals surface area (Å²) >= 11 is 0. The summed E-state index contributed by atoms with van der Waals surface area (Å²) < 4.78 is 72.1. The minimum absolute atomic E-state index is 0.00931. The van der Waals surface area contributed by atoms with E-state index in [4.69, 9.17) is 58.4 Å². The number of ether oxygens (including phenoxy) is 3. The zero-order chi connectivity index (χ0) is 58.6. The summed E-state index contributed by atoms with van der Waals surface area (Å²) in [6.07, 6.45) is 1.60. The van der Waals surface area contributed by atoms with Crippen LogP contribution < -0.4 is 42.2 Å². The molecular formula is C59H56F2N10O12. The number of hydrogen-bond donors (Lipinski definition) is 7. The SMILES string of the molecule is CC(C)[C@@H]1NC(=O)[C@@H](N)Cc2ccc3c(c2)[C@@]2(c4cc(F)ccc4N[C@@H]2O3)c2oc1nc2-c1nc(C(N)=O)co1.CO.COC(=O)c1coc(-c2nc3oc2[C@@]24c5cc(F)ccc5N[C@@H]2Oc2ccc(cc24)C[C@H](C)C(=O)N[C@H]3C(C)C)n1. The number of fused-ring (bicyclic) bond motifs is 8. The van der Waals surface area contributed by atoms with Crippen molar-refractivity contribution >= 4 is 35.1 Å². The number of nitrogens with zero attached hydrogens (tertiary/aromatic N) is 4. The molecular weight excluding hydrogens is 1080 g/mol. The highest BCUT2D eigenvalue weighted by molar-refractivity contribution is 5.91. The van der Waals surface area contributed by atoms with Gasteiger partial charge in [-0.15, -0.1) is 0 Å². The first kappa shape index (κ1) is 54.2. The first-order valence-electron chi connectivity index (χ1n) is 26.7. The van der Waals surface area contributed by atoms with Crippen LogP contribution in [0.5, 0.6) is 11.5 Å². The Kier molecular flexibility index (Phi) is 13.2. The zero-order valence-electron chi connectivity index (χ0n) is 45.8. The van der Waals surface area contributed by atoms with Gasteiger partial charge in [-0.1, -0.05) is 58.9 Å². The van der Waals surface area contributed by atoms with Gasteiger partial charge in [0.2, 0.25) is 35.4 Å². The number of methoxy groups -OCH3 is 1. The summed E-state index contributed by atoms with van der Waals surface area (Å²) in [6.45, 7) is 9.59. The van der Waals surface area contributed by atoms with E-state index in [1.54, 1.807) is 18.2 Å². The molecule has 4 aromatic carbocycles. The maximum Gasteiger partial charge on any atom is 0.360 e. The molecule has 0 saturated heterocycles. The molecule has 0 fully saturated rings. The fraction of sp³-hybridized carbons (Fsp3) is 0.322. The number of amides is 3. The number of carbonyl (C=O) groups excluding carboxylic acids is 4. The van der Waals surface area contributed by atoms with Gasteiger partial charge in [0.1, 0.15) is 58.6 Å². The van der Waals surface area contributed by atoms with Crippen LogP contribution in [0.25, 0.3) is 23.2 Å². The van der Waals surface area contributed by atoms with Crippen LogP contribution in [0.15, 0.2) is 103 Å². The van der Waals surface area contributed by atoms with Gasteiger partial charge in [0.05, 0.1) is 13.2 Å². The lowest BCUT2D eigenvalue weighted by atomic mass is 9.72. The summed E-state index contributed by atoms with van der Waals surface area (Å²) in [7, 11) is 2.25. The van der Waals surface area contributed by atoms with Gasteiger partial charge in [0, 0.05) is 46.7 Å².